The van der Waals surface area contributed by atoms with E-state index in [1.807, 2.05) is 36.4 Å². The molecule has 0 heterocycles. The zero-order valence-corrected chi connectivity index (χ0v) is 13.4. The summed E-state index contributed by atoms with van der Waals surface area (Å²) in [5.74, 6) is 0.172. The minimum atomic E-state index is 0.172. The fourth-order valence-electron chi connectivity index (χ4n) is 2.01. The van der Waals surface area contributed by atoms with Crippen LogP contribution in [0.3, 0.4) is 0 Å². The first-order valence-electron chi connectivity index (χ1n) is 6.66. The maximum Gasteiger partial charge on any atom is 0.121 e. The number of benzene rings is 2. The highest BCUT2D eigenvalue weighted by Crippen LogP contribution is 2.23. The minimum Gasteiger partial charge on any atom is -0.508 e. The lowest BCUT2D eigenvalue weighted by atomic mass is 10.0. The van der Waals surface area contributed by atoms with Crippen molar-refractivity contribution in [1.29, 1.82) is 0 Å². The Morgan fingerprint density at radius 1 is 1.14 bits per heavy atom. The second kappa shape index (κ2) is 8.36. The number of hydrogen-bond donors (Lipinski definition) is 2. The second-order valence-electron chi connectivity index (χ2n) is 4.49. The normalized spacial score (nSPS) is 12.0. The smallest absolute Gasteiger partial charge is 0.121 e. The molecule has 0 fully saturated rings. The minimum absolute atomic E-state index is 0.172. The first kappa shape index (κ1) is 16.3. The number of oxime groups is 1. The summed E-state index contributed by atoms with van der Waals surface area (Å²) >= 11 is 3.19. The Balaban J connectivity index is 2.27. The van der Waals surface area contributed by atoms with Gasteiger partial charge in [-0.25, -0.2) is 0 Å². The van der Waals surface area contributed by atoms with Crippen molar-refractivity contribution in [1.82, 2.24) is 0 Å². The summed E-state index contributed by atoms with van der Waals surface area (Å²) in [4.78, 5) is 0. The molecule has 22 heavy (non-hydrogen) atoms. The molecule has 0 unspecified atom stereocenters. The number of halogens is 1. The quantitative estimate of drug-likeness (QED) is 0.351. The van der Waals surface area contributed by atoms with Crippen molar-refractivity contribution < 1.29 is 15.1 Å². The Labute approximate surface area is 137 Å². The molecule has 114 valence electrons. The molecule has 5 heteroatoms. The largest absolute Gasteiger partial charge is 0.508 e. The lowest BCUT2D eigenvalue weighted by molar-refractivity contribution is 0.169. The molecular weight excluding hydrogens is 346 g/mol. The van der Waals surface area contributed by atoms with Gasteiger partial charge in [-0.3, -0.25) is 0 Å². The summed E-state index contributed by atoms with van der Waals surface area (Å²) in [5.41, 5.74) is 3.12. The van der Waals surface area contributed by atoms with Gasteiger partial charge < -0.3 is 15.1 Å². The highest BCUT2D eigenvalue weighted by atomic mass is 79.9. The van der Waals surface area contributed by atoms with Gasteiger partial charge in [0, 0.05) is 11.1 Å². The fourth-order valence-corrected chi connectivity index (χ4v) is 2.17. The van der Waals surface area contributed by atoms with E-state index in [0.29, 0.717) is 16.8 Å². The summed E-state index contributed by atoms with van der Waals surface area (Å²) in [5, 5.41) is 22.4. The second-order valence-corrected chi connectivity index (χ2v) is 4.94. The van der Waals surface area contributed by atoms with Crippen molar-refractivity contribution in [2.75, 3.05) is 5.52 Å². The molecule has 0 bridgehead atoms. The van der Waals surface area contributed by atoms with E-state index >= 15 is 0 Å². The number of phenols is 1. The van der Waals surface area contributed by atoms with Gasteiger partial charge in [0.2, 0.25) is 0 Å². The third-order valence-corrected chi connectivity index (χ3v) is 3.43. The molecule has 0 spiro atoms. The molecule has 4 nitrogen and oxygen atoms in total. The van der Waals surface area contributed by atoms with Crippen molar-refractivity contribution in [2.24, 2.45) is 5.16 Å². The van der Waals surface area contributed by atoms with Crippen LogP contribution in [0, 0.1) is 0 Å². The molecular formula is C17H16BrNO3. The van der Waals surface area contributed by atoms with Gasteiger partial charge in [-0.05, 0) is 17.7 Å². The van der Waals surface area contributed by atoms with Crippen LogP contribution < -0.4 is 0 Å². The third kappa shape index (κ3) is 4.19. The van der Waals surface area contributed by atoms with Crippen LogP contribution >= 0.6 is 15.9 Å². The summed E-state index contributed by atoms with van der Waals surface area (Å²) in [6.45, 7) is 0.286. The average Bonchev–Trinajstić information content (AvgIpc) is 2.56. The number of rotatable bonds is 6. The van der Waals surface area contributed by atoms with Crippen molar-refractivity contribution in [3.8, 4) is 5.75 Å². The predicted molar refractivity (Wildman–Crippen MR) is 90.5 cm³/mol. The van der Waals surface area contributed by atoms with E-state index in [1.54, 1.807) is 24.3 Å². The molecule has 0 aliphatic rings. The lowest BCUT2D eigenvalue weighted by Crippen LogP contribution is -1.97. The van der Waals surface area contributed by atoms with Crippen LogP contribution in [0.25, 0.3) is 6.08 Å². The highest BCUT2D eigenvalue weighted by molar-refractivity contribution is 9.09. The maximum atomic E-state index is 9.95. The number of allylic oxidation sites excluding steroid dienone is 1. The predicted octanol–water partition coefficient (Wildman–Crippen LogP) is 4.15. The molecule has 2 aromatic rings. The monoisotopic (exact) mass is 361 g/mol. The Bertz CT molecular complexity index is 669. The number of aromatic hydroxyl groups is 1. The van der Waals surface area contributed by atoms with Crippen molar-refractivity contribution in [2.45, 2.75) is 6.61 Å². The van der Waals surface area contributed by atoms with Gasteiger partial charge in [0.05, 0.1) is 6.61 Å². The van der Waals surface area contributed by atoms with E-state index < -0.39 is 0 Å². The molecule has 2 rings (SSSR count). The molecule has 0 aliphatic heterocycles. The molecule has 2 N–H and O–H groups in total. The van der Waals surface area contributed by atoms with E-state index in [9.17, 15) is 10.3 Å². The van der Waals surface area contributed by atoms with Gasteiger partial charge in [-0.2, -0.15) is 0 Å². The Morgan fingerprint density at radius 3 is 2.59 bits per heavy atom. The van der Waals surface area contributed by atoms with Gasteiger partial charge in [0.15, 0.2) is 0 Å². The van der Waals surface area contributed by atoms with Gasteiger partial charge in [-0.15, -0.1) is 0 Å². The summed E-state index contributed by atoms with van der Waals surface area (Å²) < 4.78 is 5.30. The first-order valence-corrected chi connectivity index (χ1v) is 7.78. The Kier molecular flexibility index (Phi) is 6.18. The summed E-state index contributed by atoms with van der Waals surface area (Å²) in [7, 11) is 0. The van der Waals surface area contributed by atoms with E-state index in [4.69, 9.17) is 4.74 Å². The number of nitrogens with zero attached hydrogens (tertiary/aromatic N) is 1. The van der Waals surface area contributed by atoms with E-state index in [2.05, 4.69) is 21.1 Å². The van der Waals surface area contributed by atoms with E-state index in [1.165, 1.54) is 0 Å². The molecule has 2 aromatic carbocycles. The van der Waals surface area contributed by atoms with Crippen LogP contribution in [-0.4, -0.2) is 21.5 Å². The van der Waals surface area contributed by atoms with Gasteiger partial charge in [0.25, 0.3) is 0 Å². The number of phenolic OH excluding ortho intramolecular Hbond substituents is 1. The highest BCUT2D eigenvalue weighted by Gasteiger charge is 2.06. The van der Waals surface area contributed by atoms with Gasteiger partial charge in [-0.1, -0.05) is 69.6 Å². The molecule has 0 aliphatic carbocycles. The van der Waals surface area contributed by atoms with Crippen molar-refractivity contribution >= 4 is 27.7 Å². The third-order valence-electron chi connectivity index (χ3n) is 3.11. The van der Waals surface area contributed by atoms with Crippen LogP contribution in [0.2, 0.25) is 0 Å². The van der Waals surface area contributed by atoms with Crippen molar-refractivity contribution in [3.63, 3.8) is 0 Å². The molecule has 0 radical (unpaired) electrons. The Morgan fingerprint density at radius 2 is 1.91 bits per heavy atom. The summed E-state index contributed by atoms with van der Waals surface area (Å²) in [6, 6.07) is 14.6. The SMILES string of the molecule is ON=C(C=Cc1cccc(O)c1COCBr)c1ccccc1. The molecule has 0 amide bonds. The Hall–Kier alpha value is -2.11. The van der Waals surface area contributed by atoms with Crippen LogP contribution in [-0.2, 0) is 11.3 Å². The standard InChI is InChI=1S/C17H16BrNO3/c18-12-22-11-15-13(7-4-8-17(15)20)9-10-16(19-21)14-5-2-1-3-6-14/h1-10,20-21H,11-12H2. The van der Waals surface area contributed by atoms with Gasteiger partial charge in [0.1, 0.15) is 17.0 Å². The number of alkyl halides is 1. The molecule has 0 aromatic heterocycles. The van der Waals surface area contributed by atoms with Crippen LogP contribution in [0.4, 0.5) is 0 Å². The number of ether oxygens (including phenoxy) is 1. The van der Waals surface area contributed by atoms with E-state index in [-0.39, 0.29) is 12.4 Å². The van der Waals surface area contributed by atoms with Crippen LogP contribution in [0.15, 0.2) is 59.8 Å². The molecule has 0 saturated carbocycles. The summed E-state index contributed by atoms with van der Waals surface area (Å²) in [6.07, 6.45) is 3.48. The van der Waals surface area contributed by atoms with Gasteiger partial charge >= 0.3 is 0 Å². The molecule has 0 atom stereocenters. The first-order chi connectivity index (χ1) is 10.8. The van der Waals surface area contributed by atoms with Crippen molar-refractivity contribution in [3.05, 3.63) is 71.3 Å². The van der Waals surface area contributed by atoms with E-state index in [0.717, 1.165) is 11.1 Å². The van der Waals surface area contributed by atoms with Crippen LogP contribution in [0.5, 0.6) is 5.75 Å². The average molecular weight is 362 g/mol. The zero-order chi connectivity index (χ0) is 15.8. The zero-order valence-electron chi connectivity index (χ0n) is 11.8. The fraction of sp³-hybridized carbons (Fsp3) is 0.118. The molecule has 0 saturated heterocycles. The lowest BCUT2D eigenvalue weighted by Gasteiger charge is -2.08. The number of hydrogen-bond acceptors (Lipinski definition) is 4. The maximum absolute atomic E-state index is 9.95. The topological polar surface area (TPSA) is 62.1 Å². The van der Waals surface area contributed by atoms with Crippen LogP contribution in [0.1, 0.15) is 16.7 Å².